The van der Waals surface area contributed by atoms with Crippen LogP contribution in [0.1, 0.15) is 13.8 Å². The average Bonchev–Trinajstić information content (AvgIpc) is 1.83. The van der Waals surface area contributed by atoms with Gasteiger partial charge in [0.2, 0.25) is 0 Å². The smallest absolute Gasteiger partial charge is 0.153 e. The highest BCUT2D eigenvalue weighted by Gasteiger charge is 1.81. The predicted octanol–water partition coefficient (Wildman–Crippen LogP) is 0.922. The van der Waals surface area contributed by atoms with Crippen molar-refractivity contribution in [3.63, 3.8) is 0 Å². The molecule has 0 rings (SSSR count). The molecular weight excluding hydrogens is 104 g/mol. The van der Waals surface area contributed by atoms with Crippen LogP contribution in [0, 0.1) is 11.3 Å². The fraction of sp³-hybridized carbons (Fsp3) is 0.600. The second-order valence-electron chi connectivity index (χ2n) is 1.21. The van der Waals surface area contributed by atoms with E-state index in [0.717, 1.165) is 0 Å². The highest BCUT2D eigenvalue weighted by molar-refractivity contribution is 5.95. The topological polar surface area (TPSA) is 45.4 Å². The molecule has 8 heavy (non-hydrogen) atoms. The summed E-state index contributed by atoms with van der Waals surface area (Å²) < 4.78 is 0. The van der Waals surface area contributed by atoms with Crippen LogP contribution in [-0.4, -0.2) is 12.3 Å². The number of hydrogen-bond acceptors (Lipinski definition) is 3. The van der Waals surface area contributed by atoms with Gasteiger partial charge >= 0.3 is 0 Å². The van der Waals surface area contributed by atoms with E-state index >= 15 is 0 Å². The average molecular weight is 112 g/mol. The SMILES string of the molecule is CCO/N=C(\C)C#N. The third-order valence-corrected chi connectivity index (χ3v) is 0.492. The number of nitriles is 1. The normalized spacial score (nSPS) is 10.4. The van der Waals surface area contributed by atoms with Crippen LogP contribution >= 0.6 is 0 Å². The van der Waals surface area contributed by atoms with Gasteiger partial charge in [0.25, 0.3) is 0 Å². The van der Waals surface area contributed by atoms with Crippen molar-refractivity contribution >= 4 is 5.71 Å². The summed E-state index contributed by atoms with van der Waals surface area (Å²) in [5, 5.41) is 11.5. The van der Waals surface area contributed by atoms with Gasteiger partial charge in [-0.1, -0.05) is 5.16 Å². The van der Waals surface area contributed by atoms with Gasteiger partial charge in [0, 0.05) is 0 Å². The first-order valence-corrected chi connectivity index (χ1v) is 2.38. The molecule has 0 aliphatic carbocycles. The number of oxime groups is 1. The van der Waals surface area contributed by atoms with E-state index in [4.69, 9.17) is 5.26 Å². The molecule has 3 heteroatoms. The Labute approximate surface area is 48.6 Å². The maximum Gasteiger partial charge on any atom is 0.153 e. The fourth-order valence-corrected chi connectivity index (χ4v) is 0.182. The Hall–Kier alpha value is -1.04. The largest absolute Gasteiger partial charge is 0.395 e. The summed E-state index contributed by atoms with van der Waals surface area (Å²) in [4.78, 5) is 4.55. The molecular formula is C5H8N2O. The van der Waals surface area contributed by atoms with Crippen molar-refractivity contribution in [1.82, 2.24) is 0 Å². The van der Waals surface area contributed by atoms with Crippen molar-refractivity contribution < 1.29 is 4.84 Å². The Balaban J connectivity index is 3.46. The molecule has 0 spiro atoms. The van der Waals surface area contributed by atoms with E-state index < -0.39 is 0 Å². The highest BCUT2D eigenvalue weighted by atomic mass is 16.6. The van der Waals surface area contributed by atoms with E-state index in [9.17, 15) is 0 Å². The van der Waals surface area contributed by atoms with E-state index in [1.807, 2.05) is 13.0 Å². The Kier molecular flexibility index (Phi) is 3.59. The zero-order valence-electron chi connectivity index (χ0n) is 5.01. The lowest BCUT2D eigenvalue weighted by atomic mass is 10.5. The van der Waals surface area contributed by atoms with Gasteiger partial charge in [-0.25, -0.2) is 0 Å². The molecule has 0 unspecified atom stereocenters. The quantitative estimate of drug-likeness (QED) is 0.394. The van der Waals surface area contributed by atoms with E-state index in [1.54, 1.807) is 6.92 Å². The Morgan fingerprint density at radius 2 is 2.50 bits per heavy atom. The minimum absolute atomic E-state index is 0.354. The summed E-state index contributed by atoms with van der Waals surface area (Å²) >= 11 is 0. The maximum absolute atomic E-state index is 8.10. The molecule has 0 atom stereocenters. The van der Waals surface area contributed by atoms with Gasteiger partial charge in [-0.2, -0.15) is 5.26 Å². The Bertz CT molecular complexity index is 123. The molecule has 3 nitrogen and oxygen atoms in total. The minimum atomic E-state index is 0.354. The van der Waals surface area contributed by atoms with Crippen molar-refractivity contribution in [3.8, 4) is 6.07 Å². The van der Waals surface area contributed by atoms with E-state index in [-0.39, 0.29) is 0 Å². The number of nitrogens with zero attached hydrogens (tertiary/aromatic N) is 2. The van der Waals surface area contributed by atoms with Crippen LogP contribution in [0.4, 0.5) is 0 Å². The Morgan fingerprint density at radius 1 is 1.88 bits per heavy atom. The fourth-order valence-electron chi connectivity index (χ4n) is 0.182. The summed E-state index contributed by atoms with van der Waals surface area (Å²) in [5.74, 6) is 0. The van der Waals surface area contributed by atoms with Crippen LogP contribution in [-0.2, 0) is 4.84 Å². The summed E-state index contributed by atoms with van der Waals surface area (Å²) in [7, 11) is 0. The van der Waals surface area contributed by atoms with Gasteiger partial charge in [-0.05, 0) is 13.8 Å². The van der Waals surface area contributed by atoms with E-state index in [0.29, 0.717) is 12.3 Å². The molecule has 0 fully saturated rings. The van der Waals surface area contributed by atoms with Gasteiger partial charge in [-0.3, -0.25) is 0 Å². The van der Waals surface area contributed by atoms with E-state index in [1.165, 1.54) is 0 Å². The monoisotopic (exact) mass is 112 g/mol. The molecule has 0 aromatic heterocycles. The molecule has 0 aliphatic rings. The first-order valence-electron chi connectivity index (χ1n) is 2.38. The van der Waals surface area contributed by atoms with Crippen LogP contribution in [0.25, 0.3) is 0 Å². The molecule has 0 heterocycles. The lowest BCUT2D eigenvalue weighted by Crippen LogP contribution is -1.87. The molecule has 0 saturated heterocycles. The number of rotatable bonds is 2. The molecule has 44 valence electrons. The lowest BCUT2D eigenvalue weighted by molar-refractivity contribution is 0.159. The van der Waals surface area contributed by atoms with Crippen molar-refractivity contribution in [3.05, 3.63) is 0 Å². The van der Waals surface area contributed by atoms with Gasteiger partial charge < -0.3 is 4.84 Å². The van der Waals surface area contributed by atoms with Crippen molar-refractivity contribution in [2.75, 3.05) is 6.61 Å². The zero-order chi connectivity index (χ0) is 6.41. The van der Waals surface area contributed by atoms with Crippen LogP contribution in [0.5, 0.6) is 0 Å². The van der Waals surface area contributed by atoms with Crippen LogP contribution in [0.3, 0.4) is 0 Å². The molecule has 0 bridgehead atoms. The standard InChI is InChI=1S/C5H8N2O/c1-3-8-7-5(2)4-6/h3H2,1-2H3/b7-5+. The van der Waals surface area contributed by atoms with Crippen molar-refractivity contribution in [2.24, 2.45) is 5.16 Å². The van der Waals surface area contributed by atoms with Crippen LogP contribution in [0.15, 0.2) is 5.16 Å². The molecule has 0 aromatic rings. The second-order valence-corrected chi connectivity index (χ2v) is 1.21. The summed E-state index contributed by atoms with van der Waals surface area (Å²) in [6, 6.07) is 1.82. The summed E-state index contributed by atoms with van der Waals surface area (Å²) in [6.07, 6.45) is 0. The van der Waals surface area contributed by atoms with Crippen LogP contribution in [0.2, 0.25) is 0 Å². The summed E-state index contributed by atoms with van der Waals surface area (Å²) in [6.45, 7) is 3.92. The second kappa shape index (κ2) is 4.13. The van der Waals surface area contributed by atoms with E-state index in [2.05, 4.69) is 9.99 Å². The van der Waals surface area contributed by atoms with Gasteiger partial charge in [0.1, 0.15) is 12.7 Å². The van der Waals surface area contributed by atoms with Crippen molar-refractivity contribution in [2.45, 2.75) is 13.8 Å². The minimum Gasteiger partial charge on any atom is -0.395 e. The molecule has 0 aliphatic heterocycles. The van der Waals surface area contributed by atoms with Gasteiger partial charge in [0.05, 0.1) is 0 Å². The highest BCUT2D eigenvalue weighted by Crippen LogP contribution is 1.76. The Morgan fingerprint density at radius 3 is 2.88 bits per heavy atom. The third-order valence-electron chi connectivity index (χ3n) is 0.492. The van der Waals surface area contributed by atoms with Crippen molar-refractivity contribution in [1.29, 1.82) is 5.26 Å². The molecule has 0 radical (unpaired) electrons. The first-order chi connectivity index (χ1) is 3.81. The molecule has 0 aromatic carbocycles. The number of hydrogen-bond donors (Lipinski definition) is 0. The maximum atomic E-state index is 8.10. The summed E-state index contributed by atoms with van der Waals surface area (Å²) in [5.41, 5.74) is 0.354. The zero-order valence-corrected chi connectivity index (χ0v) is 5.01. The predicted molar refractivity (Wildman–Crippen MR) is 30.3 cm³/mol. The lowest BCUT2D eigenvalue weighted by Gasteiger charge is -1.88. The molecule has 0 N–H and O–H groups in total. The molecule has 0 saturated carbocycles. The first kappa shape index (κ1) is 6.96. The van der Waals surface area contributed by atoms with Gasteiger partial charge in [-0.15, -0.1) is 0 Å². The third kappa shape index (κ3) is 3.16. The van der Waals surface area contributed by atoms with Gasteiger partial charge in [0.15, 0.2) is 5.71 Å². The molecule has 0 amide bonds. The van der Waals surface area contributed by atoms with Crippen LogP contribution < -0.4 is 0 Å².